The molecule has 2 aromatic heterocycles. The normalized spacial score (nSPS) is 12.0. The van der Waals surface area contributed by atoms with E-state index in [-0.39, 0.29) is 0 Å². The molecule has 2 heterocycles. The van der Waals surface area contributed by atoms with Crippen LogP contribution in [0.2, 0.25) is 5.02 Å². The van der Waals surface area contributed by atoms with Gasteiger partial charge in [-0.1, -0.05) is 18.5 Å². The summed E-state index contributed by atoms with van der Waals surface area (Å²) < 4.78 is 1.69. The quantitative estimate of drug-likeness (QED) is 0.936. The number of halogens is 1. The SMILES string of the molecule is CCCc1nc2cc(Cl)cnc2n1C(C)(C)C(=O)O. The number of nitrogens with zero attached hydrogens (tertiary/aromatic N) is 3. The Morgan fingerprint density at radius 1 is 1.53 bits per heavy atom. The van der Waals surface area contributed by atoms with E-state index in [0.29, 0.717) is 22.6 Å². The third-order valence-corrected chi connectivity index (χ3v) is 3.30. The molecule has 0 saturated carbocycles. The van der Waals surface area contributed by atoms with Gasteiger partial charge in [0.2, 0.25) is 0 Å². The molecule has 19 heavy (non-hydrogen) atoms. The highest BCUT2D eigenvalue weighted by atomic mass is 35.5. The molecule has 0 aliphatic rings. The minimum Gasteiger partial charge on any atom is -0.480 e. The van der Waals surface area contributed by atoms with Gasteiger partial charge in [-0.15, -0.1) is 0 Å². The number of hydrogen-bond donors (Lipinski definition) is 1. The first-order valence-electron chi connectivity index (χ1n) is 6.14. The molecule has 0 radical (unpaired) electrons. The van der Waals surface area contributed by atoms with Gasteiger partial charge in [0.1, 0.15) is 16.9 Å². The molecular formula is C13H16ClN3O2. The van der Waals surface area contributed by atoms with Crippen LogP contribution in [0.1, 0.15) is 33.0 Å². The van der Waals surface area contributed by atoms with Crippen molar-refractivity contribution in [2.45, 2.75) is 39.2 Å². The topological polar surface area (TPSA) is 68.0 Å². The third kappa shape index (κ3) is 2.30. The first kappa shape index (κ1) is 13.8. The molecule has 0 aliphatic carbocycles. The van der Waals surface area contributed by atoms with Gasteiger partial charge in [0.25, 0.3) is 0 Å². The van der Waals surface area contributed by atoms with Crippen LogP contribution < -0.4 is 0 Å². The van der Waals surface area contributed by atoms with Crippen molar-refractivity contribution in [3.8, 4) is 0 Å². The van der Waals surface area contributed by atoms with E-state index in [9.17, 15) is 9.90 Å². The highest BCUT2D eigenvalue weighted by molar-refractivity contribution is 6.31. The van der Waals surface area contributed by atoms with Gasteiger partial charge in [-0.3, -0.25) is 4.57 Å². The largest absolute Gasteiger partial charge is 0.480 e. The summed E-state index contributed by atoms with van der Waals surface area (Å²) in [4.78, 5) is 20.2. The second-order valence-electron chi connectivity index (χ2n) is 4.97. The Balaban J connectivity index is 2.75. The molecule has 0 aliphatic heterocycles. The number of carbonyl (C=O) groups is 1. The van der Waals surface area contributed by atoms with Crippen LogP contribution in [0.25, 0.3) is 11.2 Å². The fourth-order valence-corrected chi connectivity index (χ4v) is 2.21. The maximum atomic E-state index is 11.5. The average molecular weight is 282 g/mol. The zero-order chi connectivity index (χ0) is 14.2. The van der Waals surface area contributed by atoms with Gasteiger partial charge in [0.15, 0.2) is 5.65 Å². The van der Waals surface area contributed by atoms with Gasteiger partial charge in [-0.2, -0.15) is 0 Å². The van der Waals surface area contributed by atoms with Gasteiger partial charge < -0.3 is 5.11 Å². The first-order chi connectivity index (χ1) is 8.87. The maximum Gasteiger partial charge on any atom is 0.329 e. The molecule has 0 spiro atoms. The number of carboxylic acid groups (broad SMARTS) is 1. The number of aromatic nitrogens is 3. The lowest BCUT2D eigenvalue weighted by atomic mass is 10.1. The third-order valence-electron chi connectivity index (χ3n) is 3.09. The zero-order valence-electron chi connectivity index (χ0n) is 11.1. The lowest BCUT2D eigenvalue weighted by molar-refractivity contribution is -0.145. The molecule has 0 unspecified atom stereocenters. The fraction of sp³-hybridized carbons (Fsp3) is 0.462. The summed E-state index contributed by atoms with van der Waals surface area (Å²) in [6.45, 7) is 5.32. The smallest absolute Gasteiger partial charge is 0.329 e. The summed E-state index contributed by atoms with van der Waals surface area (Å²) in [6.07, 6.45) is 3.09. The molecule has 2 rings (SSSR count). The molecule has 1 N–H and O–H groups in total. The Morgan fingerprint density at radius 3 is 2.79 bits per heavy atom. The van der Waals surface area contributed by atoms with E-state index in [1.165, 1.54) is 6.20 Å². The van der Waals surface area contributed by atoms with Gasteiger partial charge in [0.05, 0.1) is 5.02 Å². The molecule has 0 aromatic carbocycles. The van der Waals surface area contributed by atoms with Crippen LogP contribution in [0.15, 0.2) is 12.3 Å². The van der Waals surface area contributed by atoms with E-state index in [0.717, 1.165) is 12.2 Å². The lowest BCUT2D eigenvalue weighted by Crippen LogP contribution is -2.37. The zero-order valence-corrected chi connectivity index (χ0v) is 11.9. The number of carboxylic acids is 1. The minimum atomic E-state index is -1.10. The monoisotopic (exact) mass is 281 g/mol. The summed E-state index contributed by atoms with van der Waals surface area (Å²) in [5, 5.41) is 9.91. The molecule has 0 atom stereocenters. The van der Waals surface area contributed by atoms with Gasteiger partial charge in [0, 0.05) is 12.6 Å². The molecule has 102 valence electrons. The number of fused-ring (bicyclic) bond motifs is 1. The molecule has 0 amide bonds. The van der Waals surface area contributed by atoms with Crippen molar-refractivity contribution in [2.75, 3.05) is 0 Å². The summed E-state index contributed by atoms with van der Waals surface area (Å²) >= 11 is 5.91. The van der Waals surface area contributed by atoms with Crippen LogP contribution in [0.5, 0.6) is 0 Å². The highest BCUT2D eigenvalue weighted by Crippen LogP contribution is 2.26. The van der Waals surface area contributed by atoms with Crippen molar-refractivity contribution >= 4 is 28.7 Å². The summed E-state index contributed by atoms with van der Waals surface area (Å²) in [5.74, 6) is -0.194. The van der Waals surface area contributed by atoms with Crippen LogP contribution >= 0.6 is 11.6 Å². The maximum absolute atomic E-state index is 11.5. The number of imidazole rings is 1. The van der Waals surface area contributed by atoms with Crippen LogP contribution in [0.4, 0.5) is 0 Å². The van der Waals surface area contributed by atoms with Crippen molar-refractivity contribution in [1.82, 2.24) is 14.5 Å². The van der Waals surface area contributed by atoms with E-state index < -0.39 is 11.5 Å². The fourth-order valence-electron chi connectivity index (χ4n) is 2.06. The van der Waals surface area contributed by atoms with Crippen molar-refractivity contribution in [3.05, 3.63) is 23.1 Å². The van der Waals surface area contributed by atoms with Gasteiger partial charge in [-0.05, 0) is 26.3 Å². The number of aryl methyl sites for hydroxylation is 1. The number of rotatable bonds is 4. The Bertz CT molecular complexity index is 634. The Morgan fingerprint density at radius 2 is 2.21 bits per heavy atom. The van der Waals surface area contributed by atoms with Gasteiger partial charge >= 0.3 is 5.97 Å². The van der Waals surface area contributed by atoms with Crippen LogP contribution in [-0.4, -0.2) is 25.6 Å². The predicted octanol–water partition coefficient (Wildman–Crippen LogP) is 2.86. The number of aliphatic carboxylic acids is 1. The van der Waals surface area contributed by atoms with E-state index >= 15 is 0 Å². The van der Waals surface area contributed by atoms with E-state index in [4.69, 9.17) is 11.6 Å². The minimum absolute atomic E-state index is 0.494. The number of hydrogen-bond acceptors (Lipinski definition) is 3. The van der Waals surface area contributed by atoms with E-state index in [1.807, 2.05) is 6.92 Å². The Hall–Kier alpha value is -1.62. The second kappa shape index (κ2) is 4.81. The van der Waals surface area contributed by atoms with Crippen molar-refractivity contribution in [1.29, 1.82) is 0 Å². The summed E-state index contributed by atoms with van der Waals surface area (Å²) in [5.41, 5.74) is 0.0885. The summed E-state index contributed by atoms with van der Waals surface area (Å²) in [6, 6.07) is 1.71. The van der Waals surface area contributed by atoms with Crippen LogP contribution in [0, 0.1) is 0 Å². The first-order valence-corrected chi connectivity index (χ1v) is 6.52. The molecular weight excluding hydrogens is 266 g/mol. The molecule has 0 fully saturated rings. The van der Waals surface area contributed by atoms with Crippen molar-refractivity contribution in [2.24, 2.45) is 0 Å². The van der Waals surface area contributed by atoms with E-state index in [2.05, 4.69) is 9.97 Å². The van der Waals surface area contributed by atoms with Crippen molar-refractivity contribution in [3.63, 3.8) is 0 Å². The van der Waals surface area contributed by atoms with Crippen LogP contribution in [-0.2, 0) is 16.8 Å². The Kier molecular flexibility index (Phi) is 3.49. The highest BCUT2D eigenvalue weighted by Gasteiger charge is 2.33. The average Bonchev–Trinajstić information content (AvgIpc) is 2.66. The predicted molar refractivity (Wildman–Crippen MR) is 73.5 cm³/mol. The van der Waals surface area contributed by atoms with E-state index in [1.54, 1.807) is 24.5 Å². The lowest BCUT2D eigenvalue weighted by Gasteiger charge is -2.24. The molecule has 2 aromatic rings. The molecule has 0 bridgehead atoms. The molecule has 6 heteroatoms. The Labute approximate surface area is 116 Å². The molecule has 5 nitrogen and oxygen atoms in total. The number of pyridine rings is 1. The van der Waals surface area contributed by atoms with Crippen molar-refractivity contribution < 1.29 is 9.90 Å². The summed E-state index contributed by atoms with van der Waals surface area (Å²) in [7, 11) is 0. The second-order valence-corrected chi connectivity index (χ2v) is 5.41. The molecule has 0 saturated heterocycles. The van der Waals surface area contributed by atoms with Crippen LogP contribution in [0.3, 0.4) is 0 Å². The van der Waals surface area contributed by atoms with Gasteiger partial charge in [-0.25, -0.2) is 14.8 Å². The standard InChI is InChI=1S/C13H16ClN3O2/c1-4-5-10-16-9-6-8(14)7-15-11(9)17(10)13(2,3)12(18)19/h6-7H,4-5H2,1-3H3,(H,18,19).